The molecule has 0 fully saturated rings. The average molecular weight is 419 g/mol. The van der Waals surface area contributed by atoms with Gasteiger partial charge in [-0.25, -0.2) is 9.37 Å². The minimum absolute atomic E-state index is 0.220. The Morgan fingerprint density at radius 1 is 1.55 bits per heavy atom. The maximum absolute atomic E-state index is 13.8. The summed E-state index contributed by atoms with van der Waals surface area (Å²) in [5.41, 5.74) is 1.67. The Hall–Kier alpha value is -0.800. The van der Waals surface area contributed by atoms with Gasteiger partial charge in [0.15, 0.2) is 4.77 Å². The van der Waals surface area contributed by atoms with E-state index in [0.717, 1.165) is 16.0 Å². The molecule has 3 rings (SSSR count). The number of nitrogens with zero attached hydrogens (tertiary/aromatic N) is 2. The fourth-order valence-electron chi connectivity index (χ4n) is 2.16. The minimum atomic E-state index is -0.220. The summed E-state index contributed by atoms with van der Waals surface area (Å²) in [4.78, 5) is 7.46. The van der Waals surface area contributed by atoms with Crippen molar-refractivity contribution in [1.82, 2.24) is 14.5 Å². The quantitative estimate of drug-likeness (QED) is 0.493. The topological polar surface area (TPSA) is 33.6 Å². The Balaban J connectivity index is 2.05. The molecule has 2 aromatic heterocycles. The fraction of sp³-hybridized carbons (Fsp3) is 0.231. The van der Waals surface area contributed by atoms with Gasteiger partial charge in [-0.3, -0.25) is 0 Å². The van der Waals surface area contributed by atoms with Crippen molar-refractivity contribution < 1.29 is 4.39 Å². The van der Waals surface area contributed by atoms with Gasteiger partial charge in [0.2, 0.25) is 0 Å². The Bertz CT molecular complexity index is 807. The standard InChI is InChI=1S/C13H11FIN3S2/c1-7(12-16-2-3-20-12)6-18-11-4-8(14)9(15)5-10(11)17-13(18)19/h2-5,7H,6H2,1H3,(H,17,19). The molecule has 7 heteroatoms. The molecule has 1 aromatic carbocycles. The second-order valence-electron chi connectivity index (χ2n) is 4.60. The number of halogens is 2. The van der Waals surface area contributed by atoms with Crippen molar-refractivity contribution in [3.8, 4) is 0 Å². The van der Waals surface area contributed by atoms with Crippen LogP contribution in [-0.2, 0) is 6.54 Å². The van der Waals surface area contributed by atoms with Crippen LogP contribution in [0, 0.1) is 14.2 Å². The first-order valence-electron chi connectivity index (χ1n) is 6.03. The summed E-state index contributed by atoms with van der Waals surface area (Å²) < 4.78 is 16.9. The number of rotatable bonds is 3. The van der Waals surface area contributed by atoms with Crippen LogP contribution in [0.5, 0.6) is 0 Å². The third-order valence-electron chi connectivity index (χ3n) is 3.15. The molecule has 1 unspecified atom stereocenters. The van der Waals surface area contributed by atoms with E-state index in [-0.39, 0.29) is 11.7 Å². The summed E-state index contributed by atoms with van der Waals surface area (Å²) in [5.74, 6) is 0.0193. The van der Waals surface area contributed by atoms with Crippen LogP contribution < -0.4 is 0 Å². The zero-order valence-corrected chi connectivity index (χ0v) is 14.4. The van der Waals surface area contributed by atoms with Gasteiger partial charge < -0.3 is 9.55 Å². The summed E-state index contributed by atoms with van der Waals surface area (Å²) in [6, 6.07) is 3.32. The van der Waals surface area contributed by atoms with Crippen LogP contribution >= 0.6 is 46.1 Å². The average Bonchev–Trinajstić information content (AvgIpc) is 3.01. The van der Waals surface area contributed by atoms with Crippen molar-refractivity contribution in [3.63, 3.8) is 0 Å². The molecule has 0 saturated carbocycles. The van der Waals surface area contributed by atoms with Crippen LogP contribution in [0.4, 0.5) is 4.39 Å². The molecule has 0 bridgehead atoms. The van der Waals surface area contributed by atoms with Crippen molar-refractivity contribution in [1.29, 1.82) is 0 Å². The highest BCUT2D eigenvalue weighted by molar-refractivity contribution is 14.1. The largest absolute Gasteiger partial charge is 0.331 e. The SMILES string of the molecule is CC(Cn1c(=S)[nH]c2cc(I)c(F)cc21)c1nccs1. The van der Waals surface area contributed by atoms with Crippen LogP contribution in [0.15, 0.2) is 23.7 Å². The molecular formula is C13H11FIN3S2. The lowest BCUT2D eigenvalue weighted by atomic mass is 10.2. The molecule has 0 spiro atoms. The Kier molecular flexibility index (Phi) is 3.91. The third-order valence-corrected chi connectivity index (χ3v) is 5.30. The molecule has 104 valence electrons. The highest BCUT2D eigenvalue weighted by Gasteiger charge is 2.14. The first-order valence-corrected chi connectivity index (χ1v) is 8.40. The number of hydrogen-bond acceptors (Lipinski definition) is 3. The molecule has 0 saturated heterocycles. The number of nitrogens with one attached hydrogen (secondary N) is 1. The molecule has 0 aliphatic rings. The molecule has 2 heterocycles. The summed E-state index contributed by atoms with van der Waals surface area (Å²) in [6.45, 7) is 2.79. The van der Waals surface area contributed by atoms with Crippen LogP contribution in [0.25, 0.3) is 11.0 Å². The smallest absolute Gasteiger partial charge is 0.178 e. The van der Waals surface area contributed by atoms with Crippen molar-refractivity contribution in [2.45, 2.75) is 19.4 Å². The Labute approximate surface area is 138 Å². The van der Waals surface area contributed by atoms with Gasteiger partial charge in [0, 0.05) is 30.1 Å². The van der Waals surface area contributed by atoms with E-state index < -0.39 is 0 Å². The van der Waals surface area contributed by atoms with E-state index in [4.69, 9.17) is 12.2 Å². The normalized spacial score (nSPS) is 12.9. The van der Waals surface area contributed by atoms with Gasteiger partial charge in [-0.2, -0.15) is 0 Å². The molecule has 0 aliphatic carbocycles. The van der Waals surface area contributed by atoms with E-state index in [1.54, 1.807) is 23.6 Å². The zero-order chi connectivity index (χ0) is 14.3. The summed E-state index contributed by atoms with van der Waals surface area (Å²) in [7, 11) is 0. The predicted octanol–water partition coefficient (Wildman–Crippen LogP) is 4.70. The van der Waals surface area contributed by atoms with Crippen LogP contribution in [0.3, 0.4) is 0 Å². The van der Waals surface area contributed by atoms with E-state index in [9.17, 15) is 4.39 Å². The second-order valence-corrected chi connectivity index (χ2v) is 7.07. The molecule has 3 nitrogen and oxygen atoms in total. The molecular weight excluding hydrogens is 408 g/mol. The maximum Gasteiger partial charge on any atom is 0.178 e. The lowest BCUT2D eigenvalue weighted by Crippen LogP contribution is -2.06. The fourth-order valence-corrected chi connectivity index (χ4v) is 3.60. The predicted molar refractivity (Wildman–Crippen MR) is 90.3 cm³/mol. The summed E-state index contributed by atoms with van der Waals surface area (Å²) in [6.07, 6.45) is 1.80. The monoisotopic (exact) mass is 419 g/mol. The lowest BCUT2D eigenvalue weighted by molar-refractivity contribution is 0.596. The van der Waals surface area contributed by atoms with Crippen molar-refractivity contribution in [3.05, 3.63) is 42.9 Å². The van der Waals surface area contributed by atoms with Gasteiger partial charge in [-0.05, 0) is 40.9 Å². The van der Waals surface area contributed by atoms with Crippen molar-refractivity contribution in [2.24, 2.45) is 0 Å². The van der Waals surface area contributed by atoms with Gasteiger partial charge in [0.05, 0.1) is 19.6 Å². The van der Waals surface area contributed by atoms with E-state index in [1.165, 1.54) is 6.07 Å². The van der Waals surface area contributed by atoms with E-state index in [2.05, 4.69) is 16.9 Å². The number of aromatic nitrogens is 3. The number of thiazole rings is 1. The van der Waals surface area contributed by atoms with Crippen LogP contribution in [-0.4, -0.2) is 14.5 Å². The number of H-pyrrole nitrogens is 1. The summed E-state index contributed by atoms with van der Waals surface area (Å²) in [5, 5.41) is 3.02. The number of aromatic amines is 1. The third kappa shape index (κ3) is 2.53. The first kappa shape index (κ1) is 14.2. The van der Waals surface area contributed by atoms with Gasteiger partial charge >= 0.3 is 0 Å². The molecule has 1 N–H and O–H groups in total. The second kappa shape index (κ2) is 5.53. The van der Waals surface area contributed by atoms with E-state index in [1.807, 2.05) is 32.5 Å². The zero-order valence-electron chi connectivity index (χ0n) is 10.6. The molecule has 0 aliphatic heterocycles. The first-order chi connectivity index (χ1) is 9.56. The number of benzene rings is 1. The van der Waals surface area contributed by atoms with Crippen molar-refractivity contribution in [2.75, 3.05) is 0 Å². The van der Waals surface area contributed by atoms with Gasteiger partial charge in [0.25, 0.3) is 0 Å². The Morgan fingerprint density at radius 2 is 2.35 bits per heavy atom. The van der Waals surface area contributed by atoms with Gasteiger partial charge in [-0.15, -0.1) is 11.3 Å². The Morgan fingerprint density at radius 3 is 3.05 bits per heavy atom. The number of imidazole rings is 1. The molecule has 1 atom stereocenters. The van der Waals surface area contributed by atoms with E-state index in [0.29, 0.717) is 14.9 Å². The number of hydrogen-bond donors (Lipinski definition) is 1. The maximum atomic E-state index is 13.8. The molecule has 0 radical (unpaired) electrons. The van der Waals surface area contributed by atoms with Crippen molar-refractivity contribution >= 4 is 57.2 Å². The molecule has 20 heavy (non-hydrogen) atoms. The minimum Gasteiger partial charge on any atom is -0.331 e. The van der Waals surface area contributed by atoms with E-state index >= 15 is 0 Å². The summed E-state index contributed by atoms with van der Waals surface area (Å²) >= 11 is 8.96. The van der Waals surface area contributed by atoms with Crippen LogP contribution in [0.1, 0.15) is 17.8 Å². The van der Waals surface area contributed by atoms with Gasteiger partial charge in [0.1, 0.15) is 5.82 Å². The van der Waals surface area contributed by atoms with Gasteiger partial charge in [-0.1, -0.05) is 6.92 Å². The van der Waals surface area contributed by atoms with Crippen LogP contribution in [0.2, 0.25) is 0 Å². The highest BCUT2D eigenvalue weighted by atomic mass is 127. The number of fused-ring (bicyclic) bond motifs is 1. The lowest BCUT2D eigenvalue weighted by Gasteiger charge is -2.10. The highest BCUT2D eigenvalue weighted by Crippen LogP contribution is 2.25. The molecule has 0 amide bonds. The molecule has 3 aromatic rings.